The number of pyridine rings is 1. The van der Waals surface area contributed by atoms with Crippen molar-refractivity contribution in [3.8, 4) is 11.3 Å². The first-order valence-electron chi connectivity index (χ1n) is 11.5. The van der Waals surface area contributed by atoms with Crippen molar-refractivity contribution in [1.29, 1.82) is 0 Å². The maximum absolute atomic E-state index is 13.2. The molecule has 1 saturated carbocycles. The largest absolute Gasteiger partial charge is 0.452 e. The van der Waals surface area contributed by atoms with Gasteiger partial charge in [0, 0.05) is 23.0 Å². The van der Waals surface area contributed by atoms with Gasteiger partial charge in [0.05, 0.1) is 28.3 Å². The fourth-order valence-electron chi connectivity index (χ4n) is 4.60. The second-order valence-electron chi connectivity index (χ2n) is 9.11. The summed E-state index contributed by atoms with van der Waals surface area (Å²) in [5, 5.41) is 0.665. The normalized spacial score (nSPS) is 19.1. The van der Waals surface area contributed by atoms with Crippen molar-refractivity contribution in [1.82, 2.24) is 9.88 Å². The molecule has 2 fully saturated rings. The van der Waals surface area contributed by atoms with Crippen LogP contribution >= 0.6 is 0 Å². The number of amides is 1. The van der Waals surface area contributed by atoms with E-state index < -0.39 is 22.4 Å². The number of benzene rings is 2. The van der Waals surface area contributed by atoms with E-state index >= 15 is 0 Å². The van der Waals surface area contributed by atoms with E-state index in [1.807, 2.05) is 55.5 Å². The topological polar surface area (TPSA) is 93.6 Å². The number of sulfone groups is 1. The van der Waals surface area contributed by atoms with Crippen molar-refractivity contribution in [2.45, 2.75) is 38.3 Å². The van der Waals surface area contributed by atoms with E-state index in [2.05, 4.69) is 0 Å². The highest BCUT2D eigenvalue weighted by Crippen LogP contribution is 2.32. The summed E-state index contributed by atoms with van der Waals surface area (Å²) in [7, 11) is -3.12. The molecule has 1 amide bonds. The van der Waals surface area contributed by atoms with Crippen molar-refractivity contribution in [2.24, 2.45) is 0 Å². The monoisotopic (exact) mass is 478 g/mol. The maximum atomic E-state index is 13.2. The molecular formula is C26H26N2O5S. The Balaban J connectivity index is 1.39. The standard InChI is InChI=1S/C26H26N2O5S/c1-17-7-10-23-21(13-17)22(14-24(27-23)18-5-3-2-4-6-18)26(30)33-15-25(29)28(19-8-9-19)20-11-12-34(31,32)16-20/h2-7,10,13-14,19-20H,8-9,11-12,15-16H2,1H3/t20-/m1/s1. The summed E-state index contributed by atoms with van der Waals surface area (Å²) in [4.78, 5) is 32.5. The number of carbonyl (C=O) groups is 2. The molecule has 0 N–H and O–H groups in total. The summed E-state index contributed by atoms with van der Waals surface area (Å²) in [6.07, 6.45) is 2.14. The van der Waals surface area contributed by atoms with Gasteiger partial charge in [0.25, 0.3) is 5.91 Å². The Labute approximate surface area is 198 Å². The minimum Gasteiger partial charge on any atom is -0.452 e. The van der Waals surface area contributed by atoms with Crippen LogP contribution in [-0.2, 0) is 19.4 Å². The Hall–Kier alpha value is -3.26. The van der Waals surface area contributed by atoms with Crippen LogP contribution in [0.5, 0.6) is 0 Å². The fraction of sp³-hybridized carbons (Fsp3) is 0.346. The molecule has 0 radical (unpaired) electrons. The molecule has 2 aromatic carbocycles. The van der Waals surface area contributed by atoms with Gasteiger partial charge < -0.3 is 9.64 Å². The van der Waals surface area contributed by atoms with E-state index in [0.29, 0.717) is 28.6 Å². The zero-order chi connectivity index (χ0) is 23.9. The first-order chi connectivity index (χ1) is 16.3. The van der Waals surface area contributed by atoms with Gasteiger partial charge in [-0.05, 0) is 44.4 Å². The van der Waals surface area contributed by atoms with Gasteiger partial charge in [0.15, 0.2) is 16.4 Å². The molecule has 1 aliphatic heterocycles. The van der Waals surface area contributed by atoms with Gasteiger partial charge in [0.2, 0.25) is 0 Å². The molecule has 3 aromatic rings. The lowest BCUT2D eigenvalue weighted by Gasteiger charge is -2.28. The summed E-state index contributed by atoms with van der Waals surface area (Å²) < 4.78 is 29.4. The Morgan fingerprint density at radius 2 is 1.79 bits per heavy atom. The third-order valence-electron chi connectivity index (χ3n) is 6.41. The van der Waals surface area contributed by atoms with E-state index in [1.165, 1.54) is 0 Å². The van der Waals surface area contributed by atoms with Crippen LogP contribution in [0.2, 0.25) is 0 Å². The number of nitrogens with zero attached hydrogens (tertiary/aromatic N) is 2. The van der Waals surface area contributed by atoms with Crippen molar-refractivity contribution < 1.29 is 22.7 Å². The Morgan fingerprint density at radius 1 is 1.03 bits per heavy atom. The van der Waals surface area contributed by atoms with Gasteiger partial charge in [-0.15, -0.1) is 0 Å². The molecule has 2 heterocycles. The van der Waals surface area contributed by atoms with Gasteiger partial charge in [-0.2, -0.15) is 0 Å². The third kappa shape index (κ3) is 4.68. The van der Waals surface area contributed by atoms with Crippen molar-refractivity contribution in [3.05, 3.63) is 65.7 Å². The molecule has 7 nitrogen and oxygen atoms in total. The summed E-state index contributed by atoms with van der Waals surface area (Å²) in [5.41, 5.74) is 3.51. The molecule has 1 aromatic heterocycles. The maximum Gasteiger partial charge on any atom is 0.339 e. The zero-order valence-corrected chi connectivity index (χ0v) is 19.8. The molecule has 5 rings (SSSR count). The molecule has 0 unspecified atom stereocenters. The second kappa shape index (κ2) is 8.83. The van der Waals surface area contributed by atoms with Gasteiger partial charge in [-0.25, -0.2) is 18.2 Å². The number of carbonyl (C=O) groups excluding carboxylic acids is 2. The number of rotatable bonds is 6. The van der Waals surface area contributed by atoms with Gasteiger partial charge >= 0.3 is 5.97 Å². The van der Waals surface area contributed by atoms with Gasteiger partial charge in [-0.1, -0.05) is 42.0 Å². The first kappa shape index (κ1) is 22.5. The van der Waals surface area contributed by atoms with E-state index in [-0.39, 0.29) is 29.5 Å². The van der Waals surface area contributed by atoms with E-state index in [9.17, 15) is 18.0 Å². The number of hydrogen-bond donors (Lipinski definition) is 0. The minimum absolute atomic E-state index is 0.0160. The molecule has 1 aliphatic carbocycles. The molecule has 176 valence electrons. The minimum atomic E-state index is -3.12. The Bertz CT molecular complexity index is 1370. The van der Waals surface area contributed by atoms with Crippen molar-refractivity contribution in [3.63, 3.8) is 0 Å². The van der Waals surface area contributed by atoms with Crippen LogP contribution in [0.25, 0.3) is 22.2 Å². The summed E-state index contributed by atoms with van der Waals surface area (Å²) in [5.74, 6) is -0.856. The quantitative estimate of drug-likeness (QED) is 0.503. The van der Waals surface area contributed by atoms with Crippen LogP contribution in [0.4, 0.5) is 0 Å². The van der Waals surface area contributed by atoms with Gasteiger partial charge in [0.1, 0.15) is 0 Å². The summed E-state index contributed by atoms with van der Waals surface area (Å²) in [6.45, 7) is 1.52. The summed E-state index contributed by atoms with van der Waals surface area (Å²) in [6, 6.07) is 16.7. The molecule has 2 aliphatic rings. The fourth-order valence-corrected chi connectivity index (χ4v) is 6.31. The smallest absolute Gasteiger partial charge is 0.339 e. The lowest BCUT2D eigenvalue weighted by molar-refractivity contribution is -0.137. The second-order valence-corrected chi connectivity index (χ2v) is 11.3. The van der Waals surface area contributed by atoms with Gasteiger partial charge in [-0.3, -0.25) is 4.79 Å². The molecule has 34 heavy (non-hydrogen) atoms. The predicted molar refractivity (Wildman–Crippen MR) is 129 cm³/mol. The number of fused-ring (bicyclic) bond motifs is 1. The van der Waals surface area contributed by atoms with E-state index in [1.54, 1.807) is 11.0 Å². The average molecular weight is 479 g/mol. The van der Waals surface area contributed by atoms with Crippen LogP contribution < -0.4 is 0 Å². The number of hydrogen-bond acceptors (Lipinski definition) is 6. The van der Waals surface area contributed by atoms with Crippen LogP contribution in [0.3, 0.4) is 0 Å². The van der Waals surface area contributed by atoms with Crippen LogP contribution in [-0.4, -0.2) is 60.4 Å². The Kier molecular flexibility index (Phi) is 5.85. The lowest BCUT2D eigenvalue weighted by Crippen LogP contribution is -2.44. The SMILES string of the molecule is Cc1ccc2nc(-c3ccccc3)cc(C(=O)OCC(=O)N(C3CC3)[C@@H]3CCS(=O)(=O)C3)c2c1. The molecular weight excluding hydrogens is 452 g/mol. The number of esters is 1. The number of ether oxygens (including phenoxy) is 1. The lowest BCUT2D eigenvalue weighted by atomic mass is 10.0. The zero-order valence-electron chi connectivity index (χ0n) is 18.9. The summed E-state index contributed by atoms with van der Waals surface area (Å²) >= 11 is 0. The highest BCUT2D eigenvalue weighted by molar-refractivity contribution is 7.91. The van der Waals surface area contributed by atoms with Crippen LogP contribution in [0, 0.1) is 6.92 Å². The molecule has 1 atom stereocenters. The third-order valence-corrected chi connectivity index (χ3v) is 8.16. The molecule has 1 saturated heterocycles. The number of aryl methyl sites for hydroxylation is 1. The predicted octanol–water partition coefficient (Wildman–Crippen LogP) is 3.55. The van der Waals surface area contributed by atoms with E-state index in [4.69, 9.17) is 9.72 Å². The Morgan fingerprint density at radius 3 is 2.47 bits per heavy atom. The molecule has 8 heteroatoms. The molecule has 0 bridgehead atoms. The highest BCUT2D eigenvalue weighted by atomic mass is 32.2. The van der Waals surface area contributed by atoms with Crippen LogP contribution in [0.1, 0.15) is 35.2 Å². The van der Waals surface area contributed by atoms with Crippen molar-refractivity contribution >= 4 is 32.6 Å². The van der Waals surface area contributed by atoms with Crippen LogP contribution in [0.15, 0.2) is 54.6 Å². The van der Waals surface area contributed by atoms with Crippen molar-refractivity contribution in [2.75, 3.05) is 18.1 Å². The molecule has 0 spiro atoms. The first-order valence-corrected chi connectivity index (χ1v) is 13.3. The van der Waals surface area contributed by atoms with E-state index in [0.717, 1.165) is 24.0 Å². The number of aromatic nitrogens is 1. The average Bonchev–Trinajstić information content (AvgIpc) is 3.59. The highest BCUT2D eigenvalue weighted by Gasteiger charge is 2.42.